The monoisotopic (exact) mass is 217 g/mol. The molecule has 84 valence electrons. The minimum Gasteiger partial charge on any atom is -0.281 e. The number of nitrogens with zero attached hydrogens (tertiary/aromatic N) is 1. The third-order valence-corrected chi connectivity index (χ3v) is 3.96. The molecule has 0 aromatic heterocycles. The van der Waals surface area contributed by atoms with Crippen LogP contribution in [0.4, 0.5) is 5.69 Å². The lowest BCUT2D eigenvalue weighted by molar-refractivity contribution is -0.129. The number of anilines is 1. The Hall–Kier alpha value is -1.35. The summed E-state index contributed by atoms with van der Waals surface area (Å²) >= 11 is 0. The van der Waals surface area contributed by atoms with Gasteiger partial charge in [0, 0.05) is 0 Å². The topological polar surface area (TPSA) is 40.5 Å². The molecule has 1 saturated carbocycles. The van der Waals surface area contributed by atoms with E-state index in [1.807, 2.05) is 24.3 Å². The van der Waals surface area contributed by atoms with E-state index in [0.717, 1.165) is 36.3 Å². The van der Waals surface area contributed by atoms with Crippen LogP contribution in [0.15, 0.2) is 24.3 Å². The predicted molar refractivity (Wildman–Crippen MR) is 60.5 cm³/mol. The maximum absolute atomic E-state index is 12.2. The van der Waals surface area contributed by atoms with Gasteiger partial charge in [-0.3, -0.25) is 10.0 Å². The second-order valence-corrected chi connectivity index (χ2v) is 4.78. The van der Waals surface area contributed by atoms with Crippen molar-refractivity contribution in [2.75, 3.05) is 5.06 Å². The van der Waals surface area contributed by atoms with Crippen LogP contribution in [0.3, 0.4) is 0 Å². The number of hydrogen-bond donors (Lipinski definition) is 1. The molecular weight excluding hydrogens is 202 g/mol. The van der Waals surface area contributed by atoms with Gasteiger partial charge in [-0.05, 0) is 24.5 Å². The second kappa shape index (κ2) is 3.32. The van der Waals surface area contributed by atoms with Gasteiger partial charge in [0.15, 0.2) is 0 Å². The van der Waals surface area contributed by atoms with Crippen molar-refractivity contribution in [1.29, 1.82) is 0 Å². The van der Waals surface area contributed by atoms with Gasteiger partial charge in [-0.2, -0.15) is 5.06 Å². The number of fused-ring (bicyclic) bond motifs is 2. The number of hydroxylamine groups is 1. The zero-order chi connectivity index (χ0) is 11.2. The van der Waals surface area contributed by atoms with Crippen molar-refractivity contribution in [2.24, 2.45) is 0 Å². The number of carbonyl (C=O) groups is 1. The molecule has 1 fully saturated rings. The average molecular weight is 217 g/mol. The van der Waals surface area contributed by atoms with Crippen molar-refractivity contribution < 1.29 is 10.0 Å². The van der Waals surface area contributed by atoms with E-state index in [1.165, 1.54) is 6.42 Å². The fraction of sp³-hybridized carbons (Fsp3) is 0.462. The van der Waals surface area contributed by atoms with Gasteiger partial charge in [-0.25, -0.2) is 0 Å². The van der Waals surface area contributed by atoms with Crippen LogP contribution in [0, 0.1) is 0 Å². The first-order valence-corrected chi connectivity index (χ1v) is 5.89. The summed E-state index contributed by atoms with van der Waals surface area (Å²) in [4.78, 5) is 12.2. The van der Waals surface area contributed by atoms with Gasteiger partial charge in [0.2, 0.25) is 0 Å². The molecule has 1 aromatic rings. The Kier molecular flexibility index (Phi) is 2.04. The molecule has 0 atom stereocenters. The van der Waals surface area contributed by atoms with Crippen LogP contribution in [-0.2, 0) is 10.2 Å². The highest BCUT2D eigenvalue weighted by molar-refractivity contribution is 6.06. The molecule has 3 heteroatoms. The number of amides is 1. The summed E-state index contributed by atoms with van der Waals surface area (Å²) in [6, 6.07) is 7.60. The largest absolute Gasteiger partial charge is 0.281 e. The summed E-state index contributed by atoms with van der Waals surface area (Å²) in [7, 11) is 0. The molecule has 1 heterocycles. The van der Waals surface area contributed by atoms with Crippen molar-refractivity contribution in [2.45, 2.75) is 37.5 Å². The van der Waals surface area contributed by atoms with Crippen molar-refractivity contribution in [3.05, 3.63) is 29.8 Å². The van der Waals surface area contributed by atoms with E-state index in [2.05, 4.69) is 0 Å². The minimum atomic E-state index is -0.427. The SMILES string of the molecule is O=C1N(O)c2ccccc2C12CCCCC2. The van der Waals surface area contributed by atoms with Gasteiger partial charge in [-0.1, -0.05) is 37.5 Å². The molecule has 0 radical (unpaired) electrons. The Morgan fingerprint density at radius 3 is 2.56 bits per heavy atom. The molecule has 3 nitrogen and oxygen atoms in total. The number of hydrogen-bond acceptors (Lipinski definition) is 2. The first kappa shape index (κ1) is 9.85. The zero-order valence-electron chi connectivity index (χ0n) is 9.15. The third kappa shape index (κ3) is 1.09. The molecule has 2 aliphatic rings. The Bertz CT molecular complexity index is 435. The molecule has 1 aromatic carbocycles. The van der Waals surface area contributed by atoms with Crippen LogP contribution in [0.1, 0.15) is 37.7 Å². The summed E-state index contributed by atoms with van der Waals surface area (Å²) in [5.41, 5.74) is 1.26. The fourth-order valence-electron chi connectivity index (χ4n) is 3.13. The molecule has 3 rings (SSSR count). The quantitative estimate of drug-likeness (QED) is 0.679. The van der Waals surface area contributed by atoms with Crippen molar-refractivity contribution in [3.63, 3.8) is 0 Å². The Morgan fingerprint density at radius 1 is 1.12 bits per heavy atom. The van der Waals surface area contributed by atoms with E-state index in [0.29, 0.717) is 5.69 Å². The minimum absolute atomic E-state index is 0.131. The molecule has 1 aliphatic heterocycles. The van der Waals surface area contributed by atoms with Crippen LogP contribution in [0.5, 0.6) is 0 Å². The van der Waals surface area contributed by atoms with Gasteiger partial charge in [0.25, 0.3) is 5.91 Å². The summed E-state index contributed by atoms with van der Waals surface area (Å²) in [6.07, 6.45) is 5.10. The number of benzene rings is 1. The highest BCUT2D eigenvalue weighted by Crippen LogP contribution is 2.49. The van der Waals surface area contributed by atoms with E-state index < -0.39 is 5.41 Å². The van der Waals surface area contributed by atoms with E-state index >= 15 is 0 Å². The zero-order valence-corrected chi connectivity index (χ0v) is 9.15. The maximum atomic E-state index is 12.2. The van der Waals surface area contributed by atoms with Crippen LogP contribution < -0.4 is 5.06 Å². The van der Waals surface area contributed by atoms with Gasteiger partial charge in [-0.15, -0.1) is 0 Å². The Labute approximate surface area is 94.6 Å². The van der Waals surface area contributed by atoms with Crippen molar-refractivity contribution in [1.82, 2.24) is 0 Å². The average Bonchev–Trinajstić information content (AvgIpc) is 2.55. The molecule has 0 bridgehead atoms. The third-order valence-electron chi connectivity index (χ3n) is 3.96. The molecule has 1 N–H and O–H groups in total. The maximum Gasteiger partial charge on any atom is 0.261 e. The highest BCUT2D eigenvalue weighted by Gasteiger charge is 2.50. The lowest BCUT2D eigenvalue weighted by atomic mass is 9.70. The van der Waals surface area contributed by atoms with Crippen molar-refractivity contribution >= 4 is 11.6 Å². The van der Waals surface area contributed by atoms with Gasteiger partial charge in [0.1, 0.15) is 0 Å². The van der Waals surface area contributed by atoms with Crippen LogP contribution in [0.2, 0.25) is 0 Å². The predicted octanol–water partition coefficient (Wildman–Crippen LogP) is 2.62. The van der Waals surface area contributed by atoms with E-state index in [9.17, 15) is 10.0 Å². The van der Waals surface area contributed by atoms with Crippen LogP contribution in [-0.4, -0.2) is 11.1 Å². The Morgan fingerprint density at radius 2 is 1.81 bits per heavy atom. The van der Waals surface area contributed by atoms with Crippen molar-refractivity contribution in [3.8, 4) is 0 Å². The molecule has 1 aliphatic carbocycles. The molecular formula is C13H15NO2. The van der Waals surface area contributed by atoms with Gasteiger partial charge < -0.3 is 0 Å². The summed E-state index contributed by atoms with van der Waals surface area (Å²) in [5.74, 6) is -0.131. The standard InChI is InChI=1S/C13H15NO2/c15-12-13(8-4-1-5-9-13)10-6-2-3-7-11(10)14(12)16/h2-3,6-7,16H,1,4-5,8-9H2. The molecule has 0 saturated heterocycles. The molecule has 16 heavy (non-hydrogen) atoms. The van der Waals surface area contributed by atoms with Crippen LogP contribution in [0.25, 0.3) is 0 Å². The number of carbonyl (C=O) groups excluding carboxylic acids is 1. The normalized spacial score (nSPS) is 22.6. The lowest BCUT2D eigenvalue weighted by Crippen LogP contribution is -2.40. The van der Waals surface area contributed by atoms with Crippen LogP contribution >= 0.6 is 0 Å². The smallest absolute Gasteiger partial charge is 0.261 e. The first-order chi connectivity index (χ1) is 7.76. The highest BCUT2D eigenvalue weighted by atomic mass is 16.5. The second-order valence-electron chi connectivity index (χ2n) is 4.78. The van der Waals surface area contributed by atoms with Gasteiger partial charge >= 0.3 is 0 Å². The summed E-state index contributed by atoms with van der Waals surface area (Å²) < 4.78 is 0. The summed E-state index contributed by atoms with van der Waals surface area (Å²) in [6.45, 7) is 0. The molecule has 0 unspecified atom stereocenters. The van der Waals surface area contributed by atoms with E-state index in [1.54, 1.807) is 0 Å². The van der Waals surface area contributed by atoms with E-state index in [-0.39, 0.29) is 5.91 Å². The molecule has 1 amide bonds. The lowest BCUT2D eigenvalue weighted by Gasteiger charge is -2.31. The first-order valence-electron chi connectivity index (χ1n) is 5.89. The van der Waals surface area contributed by atoms with Gasteiger partial charge in [0.05, 0.1) is 11.1 Å². The number of para-hydroxylation sites is 1. The Balaban J connectivity index is 2.16. The number of rotatable bonds is 0. The fourth-order valence-corrected chi connectivity index (χ4v) is 3.13. The summed E-state index contributed by atoms with van der Waals surface area (Å²) in [5, 5.41) is 10.7. The van der Waals surface area contributed by atoms with E-state index in [4.69, 9.17) is 0 Å². The molecule has 1 spiro atoms.